The fourth-order valence-corrected chi connectivity index (χ4v) is 1.42. The Morgan fingerprint density at radius 3 is 2.47 bits per heavy atom. The molecule has 0 aromatic heterocycles. The summed E-state index contributed by atoms with van der Waals surface area (Å²) in [6.45, 7) is 1.96. The molecule has 0 aliphatic heterocycles. The Balaban J connectivity index is 2.69. The fraction of sp³-hybridized carbons (Fsp3) is 0.417. The smallest absolute Gasteiger partial charge is 0.161 e. The molecular formula is C12H13F3N2. The molecular weight excluding hydrogens is 229 g/mol. The highest BCUT2D eigenvalue weighted by Gasteiger charge is 2.11. The monoisotopic (exact) mass is 242 g/mol. The Labute approximate surface area is 98.1 Å². The number of nitrogens with one attached hydrogen (secondary N) is 1. The molecule has 0 aliphatic carbocycles. The van der Waals surface area contributed by atoms with E-state index >= 15 is 0 Å². The molecule has 0 radical (unpaired) electrons. The molecule has 1 N–H and O–H groups in total. The van der Waals surface area contributed by atoms with Crippen LogP contribution in [-0.4, -0.2) is 6.04 Å². The normalized spacial score (nSPS) is 12.2. The lowest BCUT2D eigenvalue weighted by Crippen LogP contribution is -2.27. The van der Waals surface area contributed by atoms with Crippen LogP contribution in [0, 0.1) is 28.8 Å². The SMILES string of the molecule is CCC(CC#N)NCc1cc(F)c(F)cc1F. The molecule has 17 heavy (non-hydrogen) atoms. The summed E-state index contributed by atoms with van der Waals surface area (Å²) in [6, 6.07) is 3.28. The van der Waals surface area contributed by atoms with E-state index in [-0.39, 0.29) is 18.2 Å². The summed E-state index contributed by atoms with van der Waals surface area (Å²) in [6.07, 6.45) is 1.00. The van der Waals surface area contributed by atoms with Crippen molar-refractivity contribution >= 4 is 0 Å². The molecule has 92 valence electrons. The van der Waals surface area contributed by atoms with Crippen molar-refractivity contribution in [1.29, 1.82) is 5.26 Å². The number of hydrogen-bond acceptors (Lipinski definition) is 2. The van der Waals surface area contributed by atoms with Gasteiger partial charge >= 0.3 is 0 Å². The van der Waals surface area contributed by atoms with Crippen molar-refractivity contribution in [1.82, 2.24) is 5.32 Å². The molecule has 1 rings (SSSR count). The van der Waals surface area contributed by atoms with Gasteiger partial charge in [-0.25, -0.2) is 13.2 Å². The lowest BCUT2D eigenvalue weighted by molar-refractivity contribution is 0.470. The zero-order valence-corrected chi connectivity index (χ0v) is 9.43. The Bertz CT molecular complexity index is 426. The molecule has 0 spiro atoms. The molecule has 1 aromatic rings. The largest absolute Gasteiger partial charge is 0.309 e. The zero-order valence-electron chi connectivity index (χ0n) is 9.43. The van der Waals surface area contributed by atoms with Gasteiger partial charge in [-0.3, -0.25) is 0 Å². The minimum absolute atomic E-state index is 0.0558. The summed E-state index contributed by atoms with van der Waals surface area (Å²) in [5, 5.41) is 11.4. The molecule has 2 nitrogen and oxygen atoms in total. The lowest BCUT2D eigenvalue weighted by atomic mass is 10.1. The molecule has 0 heterocycles. The average Bonchev–Trinajstić information content (AvgIpc) is 2.30. The highest BCUT2D eigenvalue weighted by atomic mass is 19.2. The first-order chi connectivity index (χ1) is 8.08. The van der Waals surface area contributed by atoms with Crippen LogP contribution in [-0.2, 0) is 6.54 Å². The van der Waals surface area contributed by atoms with Crippen LogP contribution in [0.2, 0.25) is 0 Å². The molecule has 0 fully saturated rings. The third-order valence-corrected chi connectivity index (χ3v) is 2.50. The van der Waals surface area contributed by atoms with Crippen LogP contribution in [0.5, 0.6) is 0 Å². The summed E-state index contributed by atoms with van der Waals surface area (Å²) in [5.74, 6) is -3.06. The topological polar surface area (TPSA) is 35.8 Å². The van der Waals surface area contributed by atoms with Gasteiger partial charge in [-0.2, -0.15) is 5.26 Å². The van der Waals surface area contributed by atoms with Gasteiger partial charge in [0, 0.05) is 24.2 Å². The maximum Gasteiger partial charge on any atom is 0.161 e. The van der Waals surface area contributed by atoms with E-state index in [0.29, 0.717) is 18.9 Å². The Morgan fingerprint density at radius 1 is 1.24 bits per heavy atom. The van der Waals surface area contributed by atoms with Crippen LogP contribution in [0.25, 0.3) is 0 Å². The van der Waals surface area contributed by atoms with Gasteiger partial charge in [0.05, 0.1) is 12.5 Å². The quantitative estimate of drug-likeness (QED) is 0.806. The van der Waals surface area contributed by atoms with Crippen LogP contribution in [0.15, 0.2) is 12.1 Å². The molecule has 1 atom stereocenters. The summed E-state index contributed by atoms with van der Waals surface area (Å²) >= 11 is 0. The van der Waals surface area contributed by atoms with E-state index in [0.717, 1.165) is 6.07 Å². The summed E-state index contributed by atoms with van der Waals surface area (Å²) in [5.41, 5.74) is 0.0558. The van der Waals surface area contributed by atoms with Crippen LogP contribution < -0.4 is 5.32 Å². The predicted molar refractivity (Wildman–Crippen MR) is 57.5 cm³/mol. The van der Waals surface area contributed by atoms with E-state index in [9.17, 15) is 13.2 Å². The number of benzene rings is 1. The molecule has 0 bridgehead atoms. The number of nitrogens with zero attached hydrogens (tertiary/aromatic N) is 1. The van der Waals surface area contributed by atoms with Crippen LogP contribution in [0.3, 0.4) is 0 Å². The van der Waals surface area contributed by atoms with Crippen molar-refractivity contribution < 1.29 is 13.2 Å². The van der Waals surface area contributed by atoms with E-state index in [1.807, 2.05) is 13.0 Å². The number of nitriles is 1. The van der Waals surface area contributed by atoms with Crippen LogP contribution >= 0.6 is 0 Å². The Kier molecular flexibility index (Phi) is 4.98. The van der Waals surface area contributed by atoms with Crippen molar-refractivity contribution in [2.75, 3.05) is 0 Å². The van der Waals surface area contributed by atoms with E-state index in [1.54, 1.807) is 0 Å². The van der Waals surface area contributed by atoms with E-state index in [2.05, 4.69) is 5.32 Å². The van der Waals surface area contributed by atoms with Gasteiger partial charge in [-0.15, -0.1) is 0 Å². The summed E-state index contributed by atoms with van der Waals surface area (Å²) in [4.78, 5) is 0. The highest BCUT2D eigenvalue weighted by Crippen LogP contribution is 2.14. The summed E-state index contributed by atoms with van der Waals surface area (Å²) in [7, 11) is 0. The van der Waals surface area contributed by atoms with Crippen molar-refractivity contribution in [3.63, 3.8) is 0 Å². The van der Waals surface area contributed by atoms with Crippen LogP contribution in [0.1, 0.15) is 25.3 Å². The standard InChI is InChI=1S/C12H13F3N2/c1-2-9(3-4-16)17-7-8-5-11(14)12(15)6-10(8)13/h5-6,9,17H,2-3,7H2,1H3. The molecule has 0 amide bonds. The fourth-order valence-electron chi connectivity index (χ4n) is 1.42. The van der Waals surface area contributed by atoms with Gasteiger partial charge in [0.25, 0.3) is 0 Å². The maximum absolute atomic E-state index is 13.3. The minimum atomic E-state index is -1.20. The first kappa shape index (κ1) is 13.5. The zero-order chi connectivity index (χ0) is 12.8. The maximum atomic E-state index is 13.3. The van der Waals surface area contributed by atoms with Crippen molar-refractivity contribution in [2.45, 2.75) is 32.4 Å². The Morgan fingerprint density at radius 2 is 1.88 bits per heavy atom. The minimum Gasteiger partial charge on any atom is -0.309 e. The first-order valence-electron chi connectivity index (χ1n) is 5.32. The van der Waals surface area contributed by atoms with E-state index < -0.39 is 17.5 Å². The van der Waals surface area contributed by atoms with Gasteiger partial charge in [0.1, 0.15) is 5.82 Å². The number of hydrogen-bond donors (Lipinski definition) is 1. The predicted octanol–water partition coefficient (Wildman–Crippen LogP) is 2.89. The Hall–Kier alpha value is -1.54. The highest BCUT2D eigenvalue weighted by molar-refractivity contribution is 5.20. The third-order valence-electron chi connectivity index (χ3n) is 2.50. The number of halogens is 3. The third kappa shape index (κ3) is 3.75. The van der Waals surface area contributed by atoms with Crippen molar-refractivity contribution in [3.8, 4) is 6.07 Å². The molecule has 1 unspecified atom stereocenters. The van der Waals surface area contributed by atoms with Gasteiger partial charge < -0.3 is 5.32 Å². The van der Waals surface area contributed by atoms with Gasteiger partial charge in [-0.1, -0.05) is 6.92 Å². The molecule has 5 heteroatoms. The van der Waals surface area contributed by atoms with E-state index in [1.165, 1.54) is 0 Å². The second-order valence-corrected chi connectivity index (χ2v) is 3.71. The van der Waals surface area contributed by atoms with E-state index in [4.69, 9.17) is 5.26 Å². The van der Waals surface area contributed by atoms with Crippen molar-refractivity contribution in [2.24, 2.45) is 0 Å². The van der Waals surface area contributed by atoms with Gasteiger partial charge in [0.15, 0.2) is 11.6 Å². The molecule has 0 saturated heterocycles. The summed E-state index contributed by atoms with van der Waals surface area (Å²) < 4.78 is 38.8. The first-order valence-corrected chi connectivity index (χ1v) is 5.32. The number of rotatable bonds is 5. The van der Waals surface area contributed by atoms with Crippen molar-refractivity contribution in [3.05, 3.63) is 35.1 Å². The second kappa shape index (κ2) is 6.26. The van der Waals surface area contributed by atoms with Gasteiger partial charge in [0.2, 0.25) is 0 Å². The molecule has 0 saturated carbocycles. The molecule has 1 aromatic carbocycles. The van der Waals surface area contributed by atoms with Gasteiger partial charge in [-0.05, 0) is 12.5 Å². The average molecular weight is 242 g/mol. The second-order valence-electron chi connectivity index (χ2n) is 3.71. The molecule has 0 aliphatic rings. The van der Waals surface area contributed by atoms with Crippen LogP contribution in [0.4, 0.5) is 13.2 Å². The lowest BCUT2D eigenvalue weighted by Gasteiger charge is -2.13.